The van der Waals surface area contributed by atoms with Crippen molar-refractivity contribution in [3.05, 3.63) is 59.2 Å². The van der Waals surface area contributed by atoms with Gasteiger partial charge in [-0.15, -0.1) is 0 Å². The van der Waals surface area contributed by atoms with Gasteiger partial charge in [-0.2, -0.15) is 0 Å². The van der Waals surface area contributed by atoms with Crippen molar-refractivity contribution >= 4 is 32.5 Å². The molecule has 3 aromatic rings. The minimum Gasteiger partial charge on any atom is -0.490 e. The van der Waals surface area contributed by atoms with Gasteiger partial charge in [0.05, 0.1) is 12.2 Å². The molecule has 3 rings (SSSR count). The summed E-state index contributed by atoms with van der Waals surface area (Å²) in [5.41, 5.74) is 7.73. The number of para-hydroxylation sites is 2. The van der Waals surface area contributed by atoms with Gasteiger partial charge in [0.2, 0.25) is 0 Å². The SMILES string of the molecule is Nc1ccccc1OCCn1ccc2cc(Br)ccc21. The van der Waals surface area contributed by atoms with E-state index in [0.29, 0.717) is 12.3 Å². The lowest BCUT2D eigenvalue weighted by Gasteiger charge is -2.10. The van der Waals surface area contributed by atoms with E-state index in [2.05, 4.69) is 51.0 Å². The Bertz CT molecular complexity index is 736. The number of hydrogen-bond acceptors (Lipinski definition) is 2. The number of hydrogen-bond donors (Lipinski definition) is 1. The third-order valence-electron chi connectivity index (χ3n) is 3.24. The number of benzene rings is 2. The quantitative estimate of drug-likeness (QED) is 0.732. The highest BCUT2D eigenvalue weighted by atomic mass is 79.9. The summed E-state index contributed by atoms with van der Waals surface area (Å²) in [6.07, 6.45) is 2.08. The number of halogens is 1. The smallest absolute Gasteiger partial charge is 0.142 e. The number of ether oxygens (including phenoxy) is 1. The second-order valence-corrected chi connectivity index (χ2v) is 5.51. The van der Waals surface area contributed by atoms with Crippen LogP contribution in [0.3, 0.4) is 0 Å². The maximum atomic E-state index is 5.85. The molecule has 3 nitrogen and oxygen atoms in total. The van der Waals surface area contributed by atoms with Gasteiger partial charge in [-0.1, -0.05) is 28.1 Å². The summed E-state index contributed by atoms with van der Waals surface area (Å²) in [6.45, 7) is 1.38. The molecule has 0 aliphatic rings. The second-order valence-electron chi connectivity index (χ2n) is 4.60. The van der Waals surface area contributed by atoms with E-state index >= 15 is 0 Å². The summed E-state index contributed by atoms with van der Waals surface area (Å²) >= 11 is 3.49. The van der Waals surface area contributed by atoms with Crippen molar-refractivity contribution in [3.63, 3.8) is 0 Å². The Morgan fingerprint density at radius 1 is 1.10 bits per heavy atom. The largest absolute Gasteiger partial charge is 0.490 e. The standard InChI is InChI=1S/C16H15BrN2O/c17-13-5-6-15-12(11-13)7-8-19(15)9-10-20-16-4-2-1-3-14(16)18/h1-8,11H,9-10,18H2. The van der Waals surface area contributed by atoms with Crippen LogP contribution in [0.2, 0.25) is 0 Å². The molecule has 20 heavy (non-hydrogen) atoms. The third kappa shape index (κ3) is 2.65. The van der Waals surface area contributed by atoms with E-state index in [-0.39, 0.29) is 0 Å². The van der Waals surface area contributed by atoms with Crippen LogP contribution in [0.4, 0.5) is 5.69 Å². The van der Waals surface area contributed by atoms with Crippen molar-refractivity contribution < 1.29 is 4.74 Å². The molecule has 2 aromatic carbocycles. The summed E-state index contributed by atoms with van der Waals surface area (Å²) < 4.78 is 9.00. The third-order valence-corrected chi connectivity index (χ3v) is 3.74. The minimum absolute atomic E-state index is 0.591. The van der Waals surface area contributed by atoms with E-state index in [0.717, 1.165) is 16.8 Å². The van der Waals surface area contributed by atoms with E-state index in [1.165, 1.54) is 10.9 Å². The lowest BCUT2D eigenvalue weighted by molar-refractivity contribution is 0.302. The molecule has 0 unspecified atom stereocenters. The summed E-state index contributed by atoms with van der Waals surface area (Å²) in [5, 5.41) is 1.22. The molecule has 0 atom stereocenters. The molecular formula is C16H15BrN2O. The maximum absolute atomic E-state index is 5.85. The number of fused-ring (bicyclic) bond motifs is 1. The number of nitrogen functional groups attached to an aromatic ring is 1. The first kappa shape index (κ1) is 13.1. The Hall–Kier alpha value is -1.94. The summed E-state index contributed by atoms with van der Waals surface area (Å²) in [5.74, 6) is 0.742. The topological polar surface area (TPSA) is 40.2 Å². The first-order valence-electron chi connectivity index (χ1n) is 6.46. The van der Waals surface area contributed by atoms with Crippen molar-refractivity contribution in [1.82, 2.24) is 4.57 Å². The fourth-order valence-electron chi connectivity index (χ4n) is 2.23. The van der Waals surface area contributed by atoms with Crippen molar-refractivity contribution in [2.45, 2.75) is 6.54 Å². The van der Waals surface area contributed by atoms with Crippen LogP contribution >= 0.6 is 15.9 Å². The van der Waals surface area contributed by atoms with Gasteiger partial charge in [0.1, 0.15) is 12.4 Å². The number of aromatic nitrogens is 1. The van der Waals surface area contributed by atoms with Crippen LogP contribution in [0.5, 0.6) is 5.75 Å². The Morgan fingerprint density at radius 3 is 2.80 bits per heavy atom. The number of nitrogens with zero attached hydrogens (tertiary/aromatic N) is 1. The zero-order chi connectivity index (χ0) is 13.9. The van der Waals surface area contributed by atoms with Crippen LogP contribution in [0.1, 0.15) is 0 Å². The predicted molar refractivity (Wildman–Crippen MR) is 86.0 cm³/mol. The Labute approximate surface area is 126 Å². The molecule has 0 saturated heterocycles. The van der Waals surface area contributed by atoms with Crippen LogP contribution in [0, 0.1) is 0 Å². The molecule has 0 saturated carbocycles. The Kier molecular flexibility index (Phi) is 3.65. The predicted octanol–water partition coefficient (Wildman–Crippen LogP) is 4.07. The average Bonchev–Trinajstić information content (AvgIpc) is 2.83. The first-order valence-corrected chi connectivity index (χ1v) is 7.25. The van der Waals surface area contributed by atoms with Crippen LogP contribution in [0.25, 0.3) is 10.9 Å². The minimum atomic E-state index is 0.591. The van der Waals surface area contributed by atoms with Crippen LogP contribution in [0.15, 0.2) is 59.2 Å². The van der Waals surface area contributed by atoms with Crippen molar-refractivity contribution in [2.24, 2.45) is 0 Å². The van der Waals surface area contributed by atoms with Crippen LogP contribution in [-0.4, -0.2) is 11.2 Å². The maximum Gasteiger partial charge on any atom is 0.142 e. The Balaban J connectivity index is 1.70. The zero-order valence-corrected chi connectivity index (χ0v) is 12.5. The summed E-state index contributed by atoms with van der Waals surface area (Å²) in [6, 6.07) is 15.9. The van der Waals surface area contributed by atoms with Crippen LogP contribution < -0.4 is 10.5 Å². The molecule has 0 aliphatic heterocycles. The monoisotopic (exact) mass is 330 g/mol. The van der Waals surface area contributed by atoms with E-state index < -0.39 is 0 Å². The molecule has 0 radical (unpaired) electrons. The number of anilines is 1. The lowest BCUT2D eigenvalue weighted by Crippen LogP contribution is -2.08. The summed E-state index contributed by atoms with van der Waals surface area (Å²) in [7, 11) is 0. The molecule has 1 aromatic heterocycles. The zero-order valence-electron chi connectivity index (χ0n) is 10.9. The van der Waals surface area contributed by atoms with Crippen molar-refractivity contribution in [2.75, 3.05) is 12.3 Å². The van der Waals surface area contributed by atoms with E-state index in [1.54, 1.807) is 0 Å². The van der Waals surface area contributed by atoms with Gasteiger partial charge in [-0.25, -0.2) is 0 Å². The van der Waals surface area contributed by atoms with E-state index in [9.17, 15) is 0 Å². The summed E-state index contributed by atoms with van der Waals surface area (Å²) in [4.78, 5) is 0. The van der Waals surface area contributed by atoms with Crippen molar-refractivity contribution in [3.8, 4) is 5.75 Å². The molecule has 102 valence electrons. The molecule has 0 spiro atoms. The molecule has 4 heteroatoms. The van der Waals surface area contributed by atoms with Gasteiger partial charge >= 0.3 is 0 Å². The lowest BCUT2D eigenvalue weighted by atomic mass is 10.2. The normalized spacial score (nSPS) is 10.8. The first-order chi connectivity index (χ1) is 9.74. The Morgan fingerprint density at radius 2 is 1.95 bits per heavy atom. The van der Waals surface area contributed by atoms with Gasteiger partial charge in [0.15, 0.2) is 0 Å². The highest BCUT2D eigenvalue weighted by Gasteiger charge is 2.03. The van der Waals surface area contributed by atoms with Crippen molar-refractivity contribution in [1.29, 1.82) is 0 Å². The number of rotatable bonds is 4. The molecule has 0 amide bonds. The fraction of sp³-hybridized carbons (Fsp3) is 0.125. The van der Waals surface area contributed by atoms with Gasteiger partial charge in [-0.3, -0.25) is 0 Å². The van der Waals surface area contributed by atoms with Gasteiger partial charge in [-0.05, 0) is 36.4 Å². The molecule has 1 heterocycles. The van der Waals surface area contributed by atoms with Crippen LogP contribution in [-0.2, 0) is 6.54 Å². The average molecular weight is 331 g/mol. The molecule has 0 bridgehead atoms. The van der Waals surface area contributed by atoms with Gasteiger partial charge in [0.25, 0.3) is 0 Å². The highest BCUT2D eigenvalue weighted by Crippen LogP contribution is 2.22. The van der Waals surface area contributed by atoms with Gasteiger partial charge in [0, 0.05) is 21.6 Å². The molecular weight excluding hydrogens is 316 g/mol. The highest BCUT2D eigenvalue weighted by molar-refractivity contribution is 9.10. The van der Waals surface area contributed by atoms with Gasteiger partial charge < -0.3 is 15.0 Å². The van der Waals surface area contributed by atoms with E-state index in [4.69, 9.17) is 10.5 Å². The fourth-order valence-corrected chi connectivity index (χ4v) is 2.61. The number of nitrogens with two attached hydrogens (primary N) is 1. The molecule has 2 N–H and O–H groups in total. The second kappa shape index (κ2) is 5.59. The molecule has 0 aliphatic carbocycles. The van der Waals surface area contributed by atoms with E-state index in [1.807, 2.05) is 24.3 Å². The molecule has 0 fully saturated rings.